The summed E-state index contributed by atoms with van der Waals surface area (Å²) in [5.41, 5.74) is 7.15. The van der Waals surface area contributed by atoms with Gasteiger partial charge in [0, 0.05) is 12.1 Å². The van der Waals surface area contributed by atoms with Gasteiger partial charge in [-0.15, -0.1) is 11.8 Å². The molecule has 5 nitrogen and oxygen atoms in total. The van der Waals surface area contributed by atoms with Crippen LogP contribution in [-0.4, -0.2) is 28.0 Å². The Balaban J connectivity index is 1.92. The summed E-state index contributed by atoms with van der Waals surface area (Å²) in [5, 5.41) is 14.4. The number of nitrogens with two attached hydrogens (primary N) is 1. The van der Waals surface area contributed by atoms with Crippen molar-refractivity contribution >= 4 is 29.2 Å². The number of amides is 1. The number of thioether (sulfide) groups is 1. The number of benzene rings is 1. The number of anilines is 1. The van der Waals surface area contributed by atoms with Gasteiger partial charge in [-0.05, 0) is 36.3 Å². The standard InChI is InChI=1S/C13H17N3O2S/c14-12(16-18)8-9-3-5-10(6-4-9)15-13(17)11-2-1-7-19-11/h3-6,11,18H,1-2,7-8H2,(H2,14,16)(H,15,17). The van der Waals surface area contributed by atoms with Gasteiger partial charge >= 0.3 is 0 Å². The minimum atomic E-state index is 0.0756. The van der Waals surface area contributed by atoms with E-state index < -0.39 is 0 Å². The van der Waals surface area contributed by atoms with Crippen molar-refractivity contribution in [2.75, 3.05) is 11.1 Å². The van der Waals surface area contributed by atoms with Gasteiger partial charge in [-0.3, -0.25) is 4.79 Å². The molecule has 0 saturated carbocycles. The quantitative estimate of drug-likeness (QED) is 0.339. The van der Waals surface area contributed by atoms with Crippen LogP contribution in [0.3, 0.4) is 0 Å². The molecule has 1 saturated heterocycles. The zero-order valence-electron chi connectivity index (χ0n) is 10.5. The molecule has 0 aromatic heterocycles. The Morgan fingerprint density at radius 1 is 1.47 bits per heavy atom. The third kappa shape index (κ3) is 3.89. The predicted octanol–water partition coefficient (Wildman–Crippen LogP) is 1.81. The largest absolute Gasteiger partial charge is 0.409 e. The average molecular weight is 279 g/mol. The molecule has 1 aromatic carbocycles. The van der Waals surface area contributed by atoms with E-state index in [-0.39, 0.29) is 17.0 Å². The first kappa shape index (κ1) is 13.7. The van der Waals surface area contributed by atoms with E-state index in [0.717, 1.165) is 29.8 Å². The van der Waals surface area contributed by atoms with Crippen LogP contribution in [-0.2, 0) is 11.2 Å². The van der Waals surface area contributed by atoms with Crippen molar-refractivity contribution in [1.82, 2.24) is 0 Å². The molecule has 19 heavy (non-hydrogen) atoms. The molecule has 1 heterocycles. The molecule has 0 radical (unpaired) electrons. The minimum Gasteiger partial charge on any atom is -0.409 e. The van der Waals surface area contributed by atoms with E-state index >= 15 is 0 Å². The molecule has 1 atom stereocenters. The fourth-order valence-electron chi connectivity index (χ4n) is 1.96. The highest BCUT2D eigenvalue weighted by molar-refractivity contribution is 8.00. The number of nitrogens with one attached hydrogen (secondary N) is 1. The molecular weight excluding hydrogens is 262 g/mol. The molecule has 0 bridgehead atoms. The summed E-state index contributed by atoms with van der Waals surface area (Å²) in [6.45, 7) is 0. The molecule has 0 aliphatic carbocycles. The van der Waals surface area contributed by atoms with Crippen molar-refractivity contribution in [2.24, 2.45) is 10.9 Å². The van der Waals surface area contributed by atoms with Crippen LogP contribution in [0.2, 0.25) is 0 Å². The third-order valence-electron chi connectivity index (χ3n) is 2.96. The van der Waals surface area contributed by atoms with E-state index in [2.05, 4.69) is 10.5 Å². The number of oxime groups is 1. The molecular formula is C13H17N3O2S. The zero-order chi connectivity index (χ0) is 13.7. The molecule has 1 amide bonds. The monoisotopic (exact) mass is 279 g/mol. The number of hydrogen-bond donors (Lipinski definition) is 3. The van der Waals surface area contributed by atoms with Crippen LogP contribution < -0.4 is 11.1 Å². The van der Waals surface area contributed by atoms with E-state index in [0.29, 0.717) is 6.42 Å². The molecule has 1 unspecified atom stereocenters. The Labute approximate surface area is 116 Å². The van der Waals surface area contributed by atoms with Crippen molar-refractivity contribution in [2.45, 2.75) is 24.5 Å². The van der Waals surface area contributed by atoms with Gasteiger partial charge in [-0.2, -0.15) is 0 Å². The molecule has 1 aromatic rings. The highest BCUT2D eigenvalue weighted by Gasteiger charge is 2.23. The third-order valence-corrected chi connectivity index (χ3v) is 4.33. The minimum absolute atomic E-state index is 0.0756. The number of carbonyl (C=O) groups excluding carboxylic acids is 1. The molecule has 102 valence electrons. The van der Waals surface area contributed by atoms with Crippen LogP contribution in [0.5, 0.6) is 0 Å². The summed E-state index contributed by atoms with van der Waals surface area (Å²) in [6.07, 6.45) is 2.46. The van der Waals surface area contributed by atoms with Crippen LogP contribution in [0.25, 0.3) is 0 Å². The average Bonchev–Trinajstić information content (AvgIpc) is 2.95. The second-order valence-corrected chi connectivity index (χ2v) is 5.77. The number of hydrogen-bond acceptors (Lipinski definition) is 4. The lowest BCUT2D eigenvalue weighted by Gasteiger charge is -2.10. The summed E-state index contributed by atoms with van der Waals surface area (Å²) in [4.78, 5) is 11.9. The van der Waals surface area contributed by atoms with Crippen molar-refractivity contribution in [1.29, 1.82) is 0 Å². The predicted molar refractivity (Wildman–Crippen MR) is 77.7 cm³/mol. The SMILES string of the molecule is NC(Cc1ccc(NC(=O)C2CCCS2)cc1)=NO. The first-order valence-corrected chi connectivity index (χ1v) is 7.21. The van der Waals surface area contributed by atoms with Crippen molar-refractivity contribution in [3.63, 3.8) is 0 Å². The van der Waals surface area contributed by atoms with Gasteiger partial charge < -0.3 is 16.3 Å². The van der Waals surface area contributed by atoms with Crippen LogP contribution >= 0.6 is 11.8 Å². The lowest BCUT2D eigenvalue weighted by molar-refractivity contribution is -0.115. The maximum atomic E-state index is 11.9. The van der Waals surface area contributed by atoms with Gasteiger partial charge in [-0.1, -0.05) is 17.3 Å². The Bertz CT molecular complexity index is 467. The van der Waals surface area contributed by atoms with Crippen molar-refractivity contribution in [3.05, 3.63) is 29.8 Å². The first-order valence-electron chi connectivity index (χ1n) is 6.17. The molecule has 0 spiro atoms. The summed E-state index contributed by atoms with van der Waals surface area (Å²) in [6, 6.07) is 7.37. The van der Waals surface area contributed by atoms with E-state index in [1.807, 2.05) is 24.3 Å². The van der Waals surface area contributed by atoms with Crippen LogP contribution in [0.1, 0.15) is 18.4 Å². The maximum absolute atomic E-state index is 11.9. The van der Waals surface area contributed by atoms with E-state index in [1.54, 1.807) is 11.8 Å². The lowest BCUT2D eigenvalue weighted by Crippen LogP contribution is -2.22. The number of carbonyl (C=O) groups is 1. The van der Waals surface area contributed by atoms with Crippen molar-refractivity contribution in [3.8, 4) is 0 Å². The normalized spacial score (nSPS) is 19.4. The van der Waals surface area contributed by atoms with Crippen molar-refractivity contribution < 1.29 is 10.0 Å². The van der Waals surface area contributed by atoms with Gasteiger partial charge in [0.1, 0.15) is 5.84 Å². The summed E-state index contributed by atoms with van der Waals surface area (Å²) >= 11 is 1.71. The number of amidine groups is 1. The molecule has 2 rings (SSSR count). The lowest BCUT2D eigenvalue weighted by atomic mass is 10.1. The highest BCUT2D eigenvalue weighted by atomic mass is 32.2. The number of rotatable bonds is 4. The Morgan fingerprint density at radius 2 is 2.21 bits per heavy atom. The first-order chi connectivity index (χ1) is 9.19. The van der Waals surface area contributed by atoms with Crippen LogP contribution in [0.4, 0.5) is 5.69 Å². The van der Waals surface area contributed by atoms with Gasteiger partial charge in [0.05, 0.1) is 5.25 Å². The number of nitrogens with zero attached hydrogens (tertiary/aromatic N) is 1. The molecule has 1 aliphatic rings. The molecule has 4 N–H and O–H groups in total. The van der Waals surface area contributed by atoms with Gasteiger partial charge in [0.15, 0.2) is 0 Å². The molecule has 1 aliphatic heterocycles. The highest BCUT2D eigenvalue weighted by Crippen LogP contribution is 2.27. The fourth-order valence-corrected chi connectivity index (χ4v) is 3.12. The summed E-state index contributed by atoms with van der Waals surface area (Å²) < 4.78 is 0. The smallest absolute Gasteiger partial charge is 0.237 e. The van der Waals surface area contributed by atoms with E-state index in [4.69, 9.17) is 10.9 Å². The van der Waals surface area contributed by atoms with E-state index in [1.165, 1.54) is 0 Å². The Kier molecular flexibility index (Phi) is 4.68. The van der Waals surface area contributed by atoms with E-state index in [9.17, 15) is 4.79 Å². The summed E-state index contributed by atoms with van der Waals surface area (Å²) in [5.74, 6) is 1.31. The van der Waals surface area contributed by atoms with Gasteiger partial charge in [-0.25, -0.2) is 0 Å². The van der Waals surface area contributed by atoms with Crippen LogP contribution in [0, 0.1) is 0 Å². The fraction of sp³-hybridized carbons (Fsp3) is 0.385. The maximum Gasteiger partial charge on any atom is 0.237 e. The van der Waals surface area contributed by atoms with Gasteiger partial charge in [0.2, 0.25) is 5.91 Å². The van der Waals surface area contributed by atoms with Crippen LogP contribution in [0.15, 0.2) is 29.4 Å². The molecule has 1 fully saturated rings. The second-order valence-electron chi connectivity index (χ2n) is 4.46. The Morgan fingerprint density at radius 3 is 2.79 bits per heavy atom. The summed E-state index contributed by atoms with van der Waals surface area (Å²) in [7, 11) is 0. The van der Waals surface area contributed by atoms with Gasteiger partial charge in [0.25, 0.3) is 0 Å². The zero-order valence-corrected chi connectivity index (χ0v) is 11.3. The topological polar surface area (TPSA) is 87.7 Å². The Hall–Kier alpha value is -1.69. The molecule has 6 heteroatoms. The second kappa shape index (κ2) is 6.47.